The van der Waals surface area contributed by atoms with Gasteiger partial charge in [0.25, 0.3) is 5.56 Å². The number of aryl methyl sites for hydroxylation is 2. The molecule has 0 radical (unpaired) electrons. The maximum absolute atomic E-state index is 13.0. The number of rotatable bonds is 4. The smallest absolute Gasteiger partial charge is 0.270 e. The van der Waals surface area contributed by atoms with Crippen LogP contribution in [0.25, 0.3) is 21.3 Å². The fraction of sp³-hybridized carbons (Fsp3) is 0.321. The summed E-state index contributed by atoms with van der Waals surface area (Å²) in [4.78, 5) is 35.8. The Morgan fingerprint density at radius 2 is 1.94 bits per heavy atom. The number of benzene rings is 2. The first-order valence-corrected chi connectivity index (χ1v) is 13.2. The number of nitrogens with one attached hydrogen (secondary N) is 2. The van der Waals surface area contributed by atoms with Crippen LogP contribution in [-0.2, 0) is 11.2 Å². The summed E-state index contributed by atoms with van der Waals surface area (Å²) in [5, 5.41) is 5.31. The highest BCUT2D eigenvalue weighted by Crippen LogP contribution is 2.34. The average molecular weight is 485 g/mol. The van der Waals surface area contributed by atoms with Gasteiger partial charge in [0.1, 0.15) is 4.70 Å². The van der Waals surface area contributed by atoms with Crippen LogP contribution in [0.2, 0.25) is 0 Å². The van der Waals surface area contributed by atoms with Crippen molar-refractivity contribution in [1.82, 2.24) is 15.3 Å². The normalized spacial score (nSPS) is 18.1. The van der Waals surface area contributed by atoms with E-state index in [1.165, 1.54) is 28.0 Å². The zero-order valence-electron chi connectivity index (χ0n) is 19.7. The highest BCUT2D eigenvalue weighted by atomic mass is 32.1. The summed E-state index contributed by atoms with van der Waals surface area (Å²) in [6, 6.07) is 16.8. The monoisotopic (exact) mass is 484 g/mol. The van der Waals surface area contributed by atoms with Crippen molar-refractivity contribution in [2.75, 3.05) is 18.0 Å². The molecule has 1 saturated heterocycles. The van der Waals surface area contributed by atoms with E-state index in [4.69, 9.17) is 4.98 Å². The van der Waals surface area contributed by atoms with Crippen molar-refractivity contribution in [3.63, 3.8) is 0 Å². The molecule has 1 aliphatic carbocycles. The topological polar surface area (TPSA) is 78.1 Å². The number of fused-ring (bicyclic) bond motifs is 2. The third-order valence-electron chi connectivity index (χ3n) is 7.36. The number of thiophene rings is 1. The summed E-state index contributed by atoms with van der Waals surface area (Å²) in [5.41, 5.74) is 6.49. The van der Waals surface area contributed by atoms with Crippen LogP contribution < -0.4 is 15.8 Å². The molecule has 0 saturated carbocycles. The van der Waals surface area contributed by atoms with Crippen molar-refractivity contribution in [1.29, 1.82) is 0 Å². The molecule has 2 N–H and O–H groups in total. The average Bonchev–Trinajstić information content (AvgIpc) is 3.49. The predicted molar refractivity (Wildman–Crippen MR) is 141 cm³/mol. The van der Waals surface area contributed by atoms with Crippen LogP contribution in [0.4, 0.5) is 5.95 Å². The second-order valence-corrected chi connectivity index (χ2v) is 10.5. The van der Waals surface area contributed by atoms with Crippen molar-refractivity contribution in [3.8, 4) is 11.1 Å². The van der Waals surface area contributed by atoms with Crippen molar-refractivity contribution >= 4 is 33.4 Å². The van der Waals surface area contributed by atoms with E-state index < -0.39 is 0 Å². The van der Waals surface area contributed by atoms with E-state index in [0.717, 1.165) is 42.3 Å². The molecule has 6 nitrogen and oxygen atoms in total. The Bertz CT molecular complexity index is 1470. The molecule has 6 rings (SSSR count). The third kappa shape index (κ3) is 4.14. The fourth-order valence-electron chi connectivity index (χ4n) is 5.43. The zero-order valence-corrected chi connectivity index (χ0v) is 20.5. The summed E-state index contributed by atoms with van der Waals surface area (Å²) in [6.07, 6.45) is 3.49. The molecular weight excluding hydrogens is 456 g/mol. The van der Waals surface area contributed by atoms with Gasteiger partial charge in [0.05, 0.1) is 11.6 Å². The lowest BCUT2D eigenvalue weighted by Crippen LogP contribution is -2.42. The number of H-pyrrole nitrogens is 1. The highest BCUT2D eigenvalue weighted by molar-refractivity contribution is 7.17. The van der Waals surface area contributed by atoms with Crippen LogP contribution in [0.3, 0.4) is 0 Å². The standard InChI is InChI=1S/C28H28N4O2S/c1-17-5-4-7-20(15-17)22-16-35-25-24(22)30-28(31-27(25)34)32-13-11-19(12-14-32)26(33)29-23-10-9-18-6-2-3-8-21(18)23/h2-8,15-16,19,23H,9-14H2,1H3,(H,29,33)(H,30,31,34)/t23-/m0/s1. The van der Waals surface area contributed by atoms with E-state index in [0.29, 0.717) is 23.7 Å². The fourth-order valence-corrected chi connectivity index (χ4v) is 6.34. The van der Waals surface area contributed by atoms with Gasteiger partial charge in [-0.1, -0.05) is 54.1 Å². The van der Waals surface area contributed by atoms with Crippen LogP contribution in [0, 0.1) is 12.8 Å². The molecule has 0 bridgehead atoms. The number of nitrogens with zero attached hydrogens (tertiary/aromatic N) is 2. The van der Waals surface area contributed by atoms with Gasteiger partial charge in [-0.2, -0.15) is 0 Å². The number of piperidine rings is 1. The summed E-state index contributed by atoms with van der Waals surface area (Å²) < 4.78 is 0.649. The lowest BCUT2D eigenvalue weighted by molar-refractivity contribution is -0.126. The first-order valence-electron chi connectivity index (χ1n) is 12.3. The second kappa shape index (κ2) is 8.96. The lowest BCUT2D eigenvalue weighted by atomic mass is 9.95. The molecule has 2 aliphatic rings. The minimum atomic E-state index is -0.103. The Morgan fingerprint density at radius 3 is 2.77 bits per heavy atom. The number of carbonyl (C=O) groups is 1. The summed E-state index contributed by atoms with van der Waals surface area (Å²) in [5.74, 6) is 0.722. The molecular formula is C28H28N4O2S. The quantitative estimate of drug-likeness (QED) is 0.428. The largest absolute Gasteiger partial charge is 0.349 e. The number of hydrogen-bond acceptors (Lipinski definition) is 5. The Kier molecular flexibility index (Phi) is 5.65. The van der Waals surface area contributed by atoms with Gasteiger partial charge in [0, 0.05) is 30.0 Å². The van der Waals surface area contributed by atoms with Gasteiger partial charge >= 0.3 is 0 Å². The molecule has 0 unspecified atom stereocenters. The summed E-state index contributed by atoms with van der Waals surface area (Å²) in [6.45, 7) is 3.45. The van der Waals surface area contributed by atoms with Crippen molar-refractivity contribution in [3.05, 3.63) is 81.0 Å². The van der Waals surface area contributed by atoms with E-state index in [-0.39, 0.29) is 23.4 Å². The first kappa shape index (κ1) is 22.0. The third-order valence-corrected chi connectivity index (χ3v) is 8.33. The van der Waals surface area contributed by atoms with Gasteiger partial charge in [-0.15, -0.1) is 11.3 Å². The predicted octanol–water partition coefficient (Wildman–Crippen LogP) is 4.98. The van der Waals surface area contributed by atoms with Gasteiger partial charge in [-0.3, -0.25) is 14.6 Å². The van der Waals surface area contributed by atoms with Crippen molar-refractivity contribution in [2.24, 2.45) is 5.92 Å². The SMILES string of the molecule is Cc1cccc(-c2csc3c(=O)[nH]c(N4CCC(C(=O)N[C@H]5CCc6ccccc65)CC4)nc23)c1. The van der Waals surface area contributed by atoms with Crippen LogP contribution in [0.5, 0.6) is 0 Å². The molecule has 4 aromatic rings. The summed E-state index contributed by atoms with van der Waals surface area (Å²) >= 11 is 1.43. The van der Waals surface area contributed by atoms with Gasteiger partial charge < -0.3 is 10.2 Å². The van der Waals surface area contributed by atoms with E-state index in [2.05, 4.69) is 58.5 Å². The Morgan fingerprint density at radius 1 is 1.11 bits per heavy atom. The molecule has 7 heteroatoms. The molecule has 0 spiro atoms. The maximum atomic E-state index is 13.0. The number of anilines is 1. The summed E-state index contributed by atoms with van der Waals surface area (Å²) in [7, 11) is 0. The molecule has 1 amide bonds. The van der Waals surface area contributed by atoms with Gasteiger partial charge in [-0.25, -0.2) is 4.98 Å². The zero-order chi connectivity index (χ0) is 23.9. The molecule has 2 aromatic carbocycles. The number of aromatic amines is 1. The van der Waals surface area contributed by atoms with Crippen molar-refractivity contribution in [2.45, 2.75) is 38.6 Å². The van der Waals surface area contributed by atoms with Crippen molar-refractivity contribution < 1.29 is 4.79 Å². The first-order chi connectivity index (χ1) is 17.1. The van der Waals surface area contributed by atoms with E-state index >= 15 is 0 Å². The molecule has 1 aliphatic heterocycles. The maximum Gasteiger partial charge on any atom is 0.270 e. The van der Waals surface area contributed by atoms with E-state index in [1.54, 1.807) is 0 Å². The highest BCUT2D eigenvalue weighted by Gasteiger charge is 2.30. The Balaban J connectivity index is 1.17. The molecule has 1 fully saturated rings. The minimum absolute atomic E-state index is 0.0153. The molecule has 1 atom stereocenters. The van der Waals surface area contributed by atoms with E-state index in [1.807, 2.05) is 17.5 Å². The molecule has 178 valence electrons. The van der Waals surface area contributed by atoms with Crippen LogP contribution in [0.1, 0.15) is 42.0 Å². The lowest BCUT2D eigenvalue weighted by Gasteiger charge is -2.32. The molecule has 2 aromatic heterocycles. The number of hydrogen-bond donors (Lipinski definition) is 2. The second-order valence-electron chi connectivity index (χ2n) is 9.65. The van der Waals surface area contributed by atoms with Gasteiger partial charge in [0.2, 0.25) is 11.9 Å². The van der Waals surface area contributed by atoms with Gasteiger partial charge in [-0.05, 0) is 49.3 Å². The number of amides is 1. The minimum Gasteiger partial charge on any atom is -0.349 e. The molecule has 3 heterocycles. The Labute approximate surface area is 208 Å². The van der Waals surface area contributed by atoms with Crippen LogP contribution in [0.15, 0.2) is 58.7 Å². The number of carbonyl (C=O) groups excluding carboxylic acids is 1. The Hall–Kier alpha value is -3.45. The van der Waals surface area contributed by atoms with Gasteiger partial charge in [0.15, 0.2) is 0 Å². The van der Waals surface area contributed by atoms with Crippen LogP contribution >= 0.6 is 11.3 Å². The van der Waals surface area contributed by atoms with Crippen LogP contribution in [-0.4, -0.2) is 29.0 Å². The van der Waals surface area contributed by atoms with E-state index in [9.17, 15) is 9.59 Å². The molecule has 35 heavy (non-hydrogen) atoms. The number of aromatic nitrogens is 2.